The number of nitrogens with one attached hydrogen (secondary N) is 3. The predicted octanol–water partition coefficient (Wildman–Crippen LogP) is 2.86. The summed E-state index contributed by atoms with van der Waals surface area (Å²) in [6.45, 7) is 7.16. The normalized spacial score (nSPS) is 16.2. The van der Waals surface area contributed by atoms with Crippen molar-refractivity contribution in [3.8, 4) is 5.75 Å². The van der Waals surface area contributed by atoms with Gasteiger partial charge in [-0.1, -0.05) is 24.9 Å². The molecule has 1 aliphatic heterocycles. The van der Waals surface area contributed by atoms with Gasteiger partial charge >= 0.3 is 6.03 Å². The smallest absolute Gasteiger partial charge is 0.314 e. The molecule has 31 heavy (non-hydrogen) atoms. The summed E-state index contributed by atoms with van der Waals surface area (Å²) in [6, 6.07) is 3.04. The van der Waals surface area contributed by atoms with Crippen LogP contribution < -0.4 is 26.4 Å². The molecule has 8 nitrogen and oxygen atoms in total. The maximum Gasteiger partial charge on any atom is 0.314 e. The number of amides is 3. The lowest BCUT2D eigenvalue weighted by atomic mass is 10.1. The zero-order valence-corrected chi connectivity index (χ0v) is 19.4. The van der Waals surface area contributed by atoms with Crippen molar-refractivity contribution in [2.24, 2.45) is 5.92 Å². The second kappa shape index (κ2) is 13.3. The third-order valence-electron chi connectivity index (χ3n) is 5.46. The molecular formula is C22H36ClN5O3. The van der Waals surface area contributed by atoms with Gasteiger partial charge in [0.1, 0.15) is 5.75 Å². The number of carbonyl (C=O) groups is 2. The van der Waals surface area contributed by atoms with Crippen molar-refractivity contribution < 1.29 is 14.3 Å². The van der Waals surface area contributed by atoms with Crippen molar-refractivity contribution >= 4 is 29.2 Å². The van der Waals surface area contributed by atoms with Crippen molar-refractivity contribution in [2.45, 2.75) is 39.0 Å². The van der Waals surface area contributed by atoms with Crippen LogP contribution in [0.3, 0.4) is 0 Å². The van der Waals surface area contributed by atoms with Gasteiger partial charge in [0, 0.05) is 32.2 Å². The first-order chi connectivity index (χ1) is 14.9. The fourth-order valence-corrected chi connectivity index (χ4v) is 3.83. The fourth-order valence-electron chi connectivity index (χ4n) is 3.67. The highest BCUT2D eigenvalue weighted by molar-refractivity contribution is 6.33. The number of nitrogens with two attached hydrogens (primary N) is 1. The van der Waals surface area contributed by atoms with Gasteiger partial charge < -0.3 is 31.3 Å². The molecule has 1 fully saturated rings. The molecule has 1 aromatic carbocycles. The number of likely N-dealkylation sites (tertiary alicyclic amines) is 1. The van der Waals surface area contributed by atoms with E-state index in [1.165, 1.54) is 7.11 Å². The number of anilines is 1. The first-order valence-electron chi connectivity index (χ1n) is 11.1. The number of ether oxygens (including phenoxy) is 1. The Hall–Kier alpha value is -2.19. The molecule has 1 saturated heterocycles. The van der Waals surface area contributed by atoms with E-state index >= 15 is 0 Å². The molecule has 1 heterocycles. The lowest BCUT2D eigenvalue weighted by Gasteiger charge is -2.17. The van der Waals surface area contributed by atoms with Gasteiger partial charge in [0.05, 0.1) is 23.4 Å². The van der Waals surface area contributed by atoms with E-state index in [2.05, 4.69) is 20.9 Å². The van der Waals surface area contributed by atoms with Crippen LogP contribution in [0, 0.1) is 5.92 Å². The topological polar surface area (TPSA) is 109 Å². The number of urea groups is 1. The Labute approximate surface area is 190 Å². The number of halogens is 1. The standard InChI is InChI=1S/C22H36ClN5O3/c1-3-8-25-22(30)26-9-5-4-6-10-28-11-7-16(15-28)14-27-21(29)17-12-18(23)19(24)13-20(17)31-2/h12-13,16H,3-11,14-15,24H2,1-2H3,(H,27,29)(H2,25,26,30)/t16-/m1/s1. The SMILES string of the molecule is CCCNC(=O)NCCCCCN1CC[C@H](CNC(=O)c2cc(Cl)c(N)cc2OC)C1. The second-order valence-corrected chi connectivity index (χ2v) is 8.39. The Kier molecular flexibility index (Phi) is 10.7. The number of methoxy groups -OCH3 is 1. The van der Waals surface area contributed by atoms with E-state index in [0.717, 1.165) is 51.7 Å². The molecule has 0 spiro atoms. The molecule has 1 aromatic rings. The Morgan fingerprint density at radius 1 is 1.19 bits per heavy atom. The summed E-state index contributed by atoms with van der Waals surface area (Å²) < 4.78 is 5.26. The summed E-state index contributed by atoms with van der Waals surface area (Å²) in [6.07, 6.45) is 5.19. The molecule has 0 radical (unpaired) electrons. The molecule has 2 rings (SSSR count). The van der Waals surface area contributed by atoms with Gasteiger partial charge in [-0.2, -0.15) is 0 Å². The van der Waals surface area contributed by atoms with Gasteiger partial charge in [-0.15, -0.1) is 0 Å². The van der Waals surface area contributed by atoms with E-state index in [4.69, 9.17) is 22.1 Å². The van der Waals surface area contributed by atoms with Crippen molar-refractivity contribution in [1.82, 2.24) is 20.9 Å². The summed E-state index contributed by atoms with van der Waals surface area (Å²) in [5.74, 6) is 0.653. The number of nitrogen functional groups attached to an aromatic ring is 1. The van der Waals surface area contributed by atoms with E-state index in [1.807, 2.05) is 6.92 Å². The summed E-state index contributed by atoms with van der Waals surface area (Å²) in [5.41, 5.74) is 6.56. The van der Waals surface area contributed by atoms with E-state index in [0.29, 0.717) is 47.6 Å². The van der Waals surface area contributed by atoms with Gasteiger partial charge in [0.25, 0.3) is 5.91 Å². The monoisotopic (exact) mass is 453 g/mol. The minimum Gasteiger partial charge on any atom is -0.496 e. The highest BCUT2D eigenvalue weighted by atomic mass is 35.5. The van der Waals surface area contributed by atoms with Crippen LogP contribution in [-0.4, -0.2) is 63.2 Å². The zero-order chi connectivity index (χ0) is 22.6. The molecule has 1 atom stereocenters. The summed E-state index contributed by atoms with van der Waals surface area (Å²) in [7, 11) is 1.51. The Morgan fingerprint density at radius 3 is 2.71 bits per heavy atom. The van der Waals surface area contributed by atoms with Crippen LogP contribution in [0.15, 0.2) is 12.1 Å². The Balaban J connectivity index is 1.61. The molecule has 1 aliphatic rings. The van der Waals surface area contributed by atoms with E-state index < -0.39 is 0 Å². The van der Waals surface area contributed by atoms with Crippen LogP contribution in [0.25, 0.3) is 0 Å². The number of hydrogen-bond donors (Lipinski definition) is 4. The third kappa shape index (κ3) is 8.45. The lowest BCUT2D eigenvalue weighted by Crippen LogP contribution is -2.36. The third-order valence-corrected chi connectivity index (χ3v) is 5.78. The van der Waals surface area contributed by atoms with E-state index in [1.54, 1.807) is 12.1 Å². The van der Waals surface area contributed by atoms with Crippen LogP contribution >= 0.6 is 11.6 Å². The first kappa shape index (κ1) is 25.1. The molecule has 0 unspecified atom stereocenters. The van der Waals surface area contributed by atoms with Crippen LogP contribution in [-0.2, 0) is 0 Å². The predicted molar refractivity (Wildman–Crippen MR) is 125 cm³/mol. The molecule has 5 N–H and O–H groups in total. The molecule has 9 heteroatoms. The number of carbonyl (C=O) groups excluding carboxylic acids is 2. The number of hydrogen-bond acceptors (Lipinski definition) is 5. The van der Waals surface area contributed by atoms with Crippen LogP contribution in [0.2, 0.25) is 5.02 Å². The first-order valence-corrected chi connectivity index (χ1v) is 11.5. The van der Waals surface area contributed by atoms with Crippen molar-refractivity contribution in [2.75, 3.05) is 52.1 Å². The van der Waals surface area contributed by atoms with Gasteiger partial charge in [-0.25, -0.2) is 4.79 Å². The Bertz CT molecular complexity index is 731. The highest BCUT2D eigenvalue weighted by Crippen LogP contribution is 2.28. The van der Waals surface area contributed by atoms with E-state index in [9.17, 15) is 9.59 Å². The highest BCUT2D eigenvalue weighted by Gasteiger charge is 2.23. The fraction of sp³-hybridized carbons (Fsp3) is 0.636. The van der Waals surface area contributed by atoms with Gasteiger partial charge in [-0.05, 0) is 50.8 Å². The molecular weight excluding hydrogens is 418 g/mol. The van der Waals surface area contributed by atoms with Gasteiger partial charge in [0.15, 0.2) is 0 Å². The summed E-state index contributed by atoms with van der Waals surface area (Å²) >= 11 is 6.06. The Morgan fingerprint density at radius 2 is 1.97 bits per heavy atom. The average Bonchev–Trinajstić information content (AvgIpc) is 3.22. The minimum atomic E-state index is -0.201. The molecule has 0 aliphatic carbocycles. The lowest BCUT2D eigenvalue weighted by molar-refractivity contribution is 0.0944. The van der Waals surface area contributed by atoms with Crippen molar-refractivity contribution in [1.29, 1.82) is 0 Å². The maximum absolute atomic E-state index is 12.6. The zero-order valence-electron chi connectivity index (χ0n) is 18.6. The summed E-state index contributed by atoms with van der Waals surface area (Å²) in [5, 5.41) is 9.03. The minimum absolute atomic E-state index is 0.0786. The maximum atomic E-state index is 12.6. The van der Waals surface area contributed by atoms with E-state index in [-0.39, 0.29) is 11.9 Å². The molecule has 0 aromatic heterocycles. The quantitative estimate of drug-likeness (QED) is 0.287. The largest absolute Gasteiger partial charge is 0.496 e. The van der Waals surface area contributed by atoms with Gasteiger partial charge in [-0.3, -0.25) is 4.79 Å². The van der Waals surface area contributed by atoms with Crippen LogP contribution in [0.4, 0.5) is 10.5 Å². The van der Waals surface area contributed by atoms with Crippen LogP contribution in [0.5, 0.6) is 5.75 Å². The number of nitrogens with zero attached hydrogens (tertiary/aromatic N) is 1. The van der Waals surface area contributed by atoms with Crippen molar-refractivity contribution in [3.63, 3.8) is 0 Å². The number of rotatable bonds is 12. The average molecular weight is 454 g/mol. The molecule has 0 bridgehead atoms. The number of unbranched alkanes of at least 4 members (excludes halogenated alkanes) is 2. The van der Waals surface area contributed by atoms with Crippen LogP contribution in [0.1, 0.15) is 49.4 Å². The molecule has 174 valence electrons. The number of benzene rings is 1. The van der Waals surface area contributed by atoms with Crippen molar-refractivity contribution in [3.05, 3.63) is 22.7 Å². The molecule has 3 amide bonds. The summed E-state index contributed by atoms with van der Waals surface area (Å²) in [4.78, 5) is 26.5. The second-order valence-electron chi connectivity index (χ2n) is 7.98. The molecule has 0 saturated carbocycles. The van der Waals surface area contributed by atoms with Gasteiger partial charge in [0.2, 0.25) is 0 Å².